The summed E-state index contributed by atoms with van der Waals surface area (Å²) >= 11 is 0. The van der Waals surface area contributed by atoms with Gasteiger partial charge in [-0.1, -0.05) is 12.1 Å². The highest BCUT2D eigenvalue weighted by molar-refractivity contribution is 5.94. The number of aromatic nitrogens is 2. The highest BCUT2D eigenvalue weighted by Crippen LogP contribution is 2.28. The molecule has 0 radical (unpaired) electrons. The van der Waals surface area contributed by atoms with E-state index in [-0.39, 0.29) is 17.7 Å². The molecule has 0 saturated heterocycles. The van der Waals surface area contributed by atoms with Crippen molar-refractivity contribution in [2.75, 3.05) is 10.6 Å². The van der Waals surface area contributed by atoms with E-state index >= 15 is 0 Å². The highest BCUT2D eigenvalue weighted by Gasteiger charge is 2.28. The van der Waals surface area contributed by atoms with Gasteiger partial charge in [0.1, 0.15) is 5.65 Å². The van der Waals surface area contributed by atoms with Gasteiger partial charge in [0.2, 0.25) is 11.8 Å². The zero-order chi connectivity index (χ0) is 19.0. The second-order valence-corrected chi connectivity index (χ2v) is 7.13. The highest BCUT2D eigenvalue weighted by atomic mass is 16.2. The molecular formula is C21H22N4O2. The van der Waals surface area contributed by atoms with Gasteiger partial charge in [0, 0.05) is 42.5 Å². The summed E-state index contributed by atoms with van der Waals surface area (Å²) in [6, 6.07) is 11.3. The number of nitrogens with zero attached hydrogens (tertiary/aromatic N) is 2. The summed E-state index contributed by atoms with van der Waals surface area (Å²) in [7, 11) is 0. The van der Waals surface area contributed by atoms with Crippen molar-refractivity contribution in [1.82, 2.24) is 9.38 Å². The van der Waals surface area contributed by atoms with Gasteiger partial charge in [-0.25, -0.2) is 4.98 Å². The van der Waals surface area contributed by atoms with Crippen LogP contribution in [0.15, 0.2) is 42.6 Å². The molecule has 0 bridgehead atoms. The van der Waals surface area contributed by atoms with Gasteiger partial charge in [-0.2, -0.15) is 0 Å². The third-order valence-electron chi connectivity index (χ3n) is 4.94. The van der Waals surface area contributed by atoms with E-state index in [1.807, 2.05) is 18.2 Å². The van der Waals surface area contributed by atoms with Crippen molar-refractivity contribution in [3.63, 3.8) is 0 Å². The van der Waals surface area contributed by atoms with Gasteiger partial charge in [-0.3, -0.25) is 9.59 Å². The number of nitrogens with one attached hydrogen (secondary N) is 2. The molecule has 2 heterocycles. The quantitative estimate of drug-likeness (QED) is 0.750. The maximum atomic E-state index is 12.8. The van der Waals surface area contributed by atoms with Crippen LogP contribution in [0.25, 0.3) is 5.65 Å². The van der Waals surface area contributed by atoms with E-state index in [1.54, 1.807) is 12.1 Å². The zero-order valence-electron chi connectivity index (χ0n) is 15.5. The molecule has 1 unspecified atom stereocenters. The predicted molar refractivity (Wildman–Crippen MR) is 105 cm³/mol. The van der Waals surface area contributed by atoms with Crippen molar-refractivity contribution in [2.24, 2.45) is 5.92 Å². The molecule has 3 aromatic rings. The molecule has 1 aromatic carbocycles. The molecule has 1 aliphatic rings. The Bertz CT molecular complexity index is 1040. The number of anilines is 2. The van der Waals surface area contributed by atoms with Crippen molar-refractivity contribution in [3.05, 3.63) is 59.5 Å². The van der Waals surface area contributed by atoms with Gasteiger partial charge in [0.15, 0.2) is 0 Å². The molecule has 0 aliphatic heterocycles. The largest absolute Gasteiger partial charge is 0.326 e. The Kier molecular flexibility index (Phi) is 4.39. The molecule has 6 nitrogen and oxygen atoms in total. The number of benzene rings is 1. The fourth-order valence-corrected chi connectivity index (χ4v) is 3.66. The first-order chi connectivity index (χ1) is 13.0. The van der Waals surface area contributed by atoms with E-state index in [0.717, 1.165) is 29.9 Å². The predicted octanol–water partition coefficient (Wildman–Crippen LogP) is 3.34. The number of carbonyl (C=O) groups excluding carboxylic acids is 2. The van der Waals surface area contributed by atoms with Crippen molar-refractivity contribution in [1.29, 1.82) is 0 Å². The summed E-state index contributed by atoms with van der Waals surface area (Å²) in [6.45, 7) is 3.52. The van der Waals surface area contributed by atoms with Gasteiger partial charge in [-0.15, -0.1) is 0 Å². The Labute approximate surface area is 157 Å². The van der Waals surface area contributed by atoms with E-state index in [0.29, 0.717) is 17.8 Å². The molecule has 6 heteroatoms. The van der Waals surface area contributed by atoms with Crippen LogP contribution >= 0.6 is 0 Å². The van der Waals surface area contributed by atoms with Gasteiger partial charge in [0.25, 0.3) is 0 Å². The lowest BCUT2D eigenvalue weighted by Gasteiger charge is -2.21. The molecule has 27 heavy (non-hydrogen) atoms. The summed E-state index contributed by atoms with van der Waals surface area (Å²) in [6.07, 6.45) is 4.35. The lowest BCUT2D eigenvalue weighted by Crippen LogP contribution is -2.28. The van der Waals surface area contributed by atoms with Crippen LogP contribution < -0.4 is 10.6 Å². The third-order valence-corrected chi connectivity index (χ3v) is 4.94. The second kappa shape index (κ2) is 6.87. The molecule has 4 rings (SSSR count). The van der Waals surface area contributed by atoms with Crippen molar-refractivity contribution in [2.45, 2.75) is 33.1 Å². The van der Waals surface area contributed by atoms with Crippen LogP contribution in [0.3, 0.4) is 0 Å². The minimum atomic E-state index is -0.138. The molecule has 138 valence electrons. The van der Waals surface area contributed by atoms with Crippen LogP contribution in [0.5, 0.6) is 0 Å². The van der Waals surface area contributed by atoms with E-state index in [4.69, 9.17) is 4.98 Å². The third kappa shape index (κ3) is 3.56. The summed E-state index contributed by atoms with van der Waals surface area (Å²) in [5.41, 5.74) is 5.69. The van der Waals surface area contributed by atoms with Gasteiger partial charge < -0.3 is 15.0 Å². The van der Waals surface area contributed by atoms with Gasteiger partial charge in [-0.05, 0) is 49.6 Å². The number of hydrogen-bond donors (Lipinski definition) is 2. The van der Waals surface area contributed by atoms with Crippen molar-refractivity contribution >= 4 is 28.8 Å². The fraction of sp³-hybridized carbons (Fsp3) is 0.286. The number of rotatable bonds is 3. The summed E-state index contributed by atoms with van der Waals surface area (Å²) in [5.74, 6) is -0.230. The molecule has 0 saturated carbocycles. The lowest BCUT2D eigenvalue weighted by molar-refractivity contribution is -0.120. The van der Waals surface area contributed by atoms with Gasteiger partial charge >= 0.3 is 0 Å². The SMILES string of the molecule is CC(=O)Nc1cccc(NC(=O)C2CCc3nc4ccc(C)cn4c3C2)c1. The standard InChI is InChI=1S/C21H22N4O2/c1-13-6-9-20-24-18-8-7-15(10-19(18)25(20)12-13)21(27)23-17-5-3-4-16(11-17)22-14(2)26/h3-6,9,11-12,15H,7-8,10H2,1-2H3,(H,22,26)(H,23,27). The topological polar surface area (TPSA) is 75.5 Å². The van der Waals surface area contributed by atoms with Crippen molar-refractivity contribution < 1.29 is 9.59 Å². The van der Waals surface area contributed by atoms with Crippen LogP contribution in [0.2, 0.25) is 0 Å². The molecule has 1 aliphatic carbocycles. The summed E-state index contributed by atoms with van der Waals surface area (Å²) in [5, 5.41) is 5.72. The average Bonchev–Trinajstić information content (AvgIpc) is 2.98. The first kappa shape index (κ1) is 17.3. The molecule has 0 spiro atoms. The van der Waals surface area contributed by atoms with Crippen LogP contribution in [0.4, 0.5) is 11.4 Å². The maximum absolute atomic E-state index is 12.8. The molecule has 1 atom stereocenters. The van der Waals surface area contributed by atoms with E-state index in [9.17, 15) is 9.59 Å². The van der Waals surface area contributed by atoms with Crippen molar-refractivity contribution in [3.8, 4) is 0 Å². The first-order valence-corrected chi connectivity index (χ1v) is 9.14. The van der Waals surface area contributed by atoms with Gasteiger partial charge in [0.05, 0.1) is 5.69 Å². The second-order valence-electron chi connectivity index (χ2n) is 7.13. The number of imidazole rings is 1. The molecular weight excluding hydrogens is 340 g/mol. The molecule has 0 fully saturated rings. The Hall–Kier alpha value is -3.15. The number of pyridine rings is 1. The average molecular weight is 362 g/mol. The van der Waals surface area contributed by atoms with Crippen LogP contribution in [-0.2, 0) is 22.4 Å². The summed E-state index contributed by atoms with van der Waals surface area (Å²) in [4.78, 5) is 28.7. The zero-order valence-corrected chi connectivity index (χ0v) is 15.5. The number of aryl methyl sites for hydroxylation is 2. The maximum Gasteiger partial charge on any atom is 0.227 e. The first-order valence-electron chi connectivity index (χ1n) is 9.14. The van der Waals surface area contributed by atoms with E-state index in [1.165, 1.54) is 12.5 Å². The molecule has 2 N–H and O–H groups in total. The fourth-order valence-electron chi connectivity index (χ4n) is 3.66. The normalized spacial score (nSPS) is 16.0. The Balaban J connectivity index is 1.52. The minimum absolute atomic E-state index is 0.00299. The summed E-state index contributed by atoms with van der Waals surface area (Å²) < 4.78 is 2.11. The smallest absolute Gasteiger partial charge is 0.227 e. The number of fused-ring (bicyclic) bond motifs is 3. The minimum Gasteiger partial charge on any atom is -0.326 e. The van der Waals surface area contributed by atoms with Crippen LogP contribution in [0.1, 0.15) is 30.3 Å². The van der Waals surface area contributed by atoms with Crippen LogP contribution in [0, 0.1) is 12.8 Å². The number of carbonyl (C=O) groups is 2. The monoisotopic (exact) mass is 362 g/mol. The van der Waals surface area contributed by atoms with Crippen LogP contribution in [-0.4, -0.2) is 21.2 Å². The number of amides is 2. The Morgan fingerprint density at radius 1 is 1.15 bits per heavy atom. The molecule has 2 amide bonds. The Morgan fingerprint density at radius 3 is 2.70 bits per heavy atom. The number of hydrogen-bond acceptors (Lipinski definition) is 3. The molecule has 2 aromatic heterocycles. The lowest BCUT2D eigenvalue weighted by atomic mass is 9.89. The van der Waals surface area contributed by atoms with E-state index in [2.05, 4.69) is 34.2 Å². The van der Waals surface area contributed by atoms with E-state index < -0.39 is 0 Å². The Morgan fingerprint density at radius 2 is 1.93 bits per heavy atom.